The molecule has 7 heteroatoms. The Morgan fingerprint density at radius 3 is 2.76 bits per heavy atom. The maximum Gasteiger partial charge on any atom is 0.274 e. The zero-order valence-electron chi connectivity index (χ0n) is 14.1. The van der Waals surface area contributed by atoms with Gasteiger partial charge in [-0.3, -0.25) is 4.79 Å². The Kier molecular flexibility index (Phi) is 5.93. The molecule has 0 radical (unpaired) electrons. The van der Waals surface area contributed by atoms with Crippen LogP contribution in [0.4, 0.5) is 0 Å². The molecule has 1 aliphatic heterocycles. The first-order valence-electron chi connectivity index (χ1n) is 8.39. The quantitative estimate of drug-likeness (QED) is 0.882. The number of halogens is 1. The van der Waals surface area contributed by atoms with Gasteiger partial charge in [0.1, 0.15) is 5.03 Å². The molecule has 0 saturated carbocycles. The summed E-state index contributed by atoms with van der Waals surface area (Å²) in [4.78, 5) is 15.5. The number of carbonyl (C=O) groups excluding carboxylic acids is 1. The fourth-order valence-electron chi connectivity index (χ4n) is 3.03. The molecular formula is C18H21ClN4OS. The van der Waals surface area contributed by atoms with Gasteiger partial charge in [-0.15, -0.1) is 10.2 Å². The van der Waals surface area contributed by atoms with Gasteiger partial charge >= 0.3 is 0 Å². The Balaban J connectivity index is 1.73. The largest absolute Gasteiger partial charge is 0.333 e. The Hall–Kier alpha value is -1.63. The summed E-state index contributed by atoms with van der Waals surface area (Å²) in [7, 11) is 0. The summed E-state index contributed by atoms with van der Waals surface area (Å²) in [5, 5.41) is 9.67. The van der Waals surface area contributed by atoms with Gasteiger partial charge in [0.2, 0.25) is 0 Å². The van der Waals surface area contributed by atoms with E-state index in [-0.39, 0.29) is 18.0 Å². The SMILES string of the molecule is CC(N)C1CCCCN1C(=O)c1ccc(Sc2ccccc2Cl)nn1. The van der Waals surface area contributed by atoms with Gasteiger partial charge in [-0.1, -0.05) is 35.5 Å². The summed E-state index contributed by atoms with van der Waals surface area (Å²) in [6.07, 6.45) is 3.05. The van der Waals surface area contributed by atoms with Crippen molar-refractivity contribution < 1.29 is 4.79 Å². The molecule has 2 unspecified atom stereocenters. The Morgan fingerprint density at radius 2 is 2.08 bits per heavy atom. The third kappa shape index (κ3) is 4.32. The highest BCUT2D eigenvalue weighted by atomic mass is 35.5. The van der Waals surface area contributed by atoms with Crippen molar-refractivity contribution in [2.45, 2.75) is 48.2 Å². The van der Waals surface area contributed by atoms with E-state index in [9.17, 15) is 4.79 Å². The fourth-order valence-corrected chi connectivity index (χ4v) is 4.04. The molecule has 1 aliphatic rings. The van der Waals surface area contributed by atoms with Crippen molar-refractivity contribution in [3.8, 4) is 0 Å². The second-order valence-electron chi connectivity index (χ2n) is 6.21. The molecule has 0 aliphatic carbocycles. The lowest BCUT2D eigenvalue weighted by Gasteiger charge is -2.37. The van der Waals surface area contributed by atoms with E-state index >= 15 is 0 Å². The van der Waals surface area contributed by atoms with Gasteiger partial charge in [0.25, 0.3) is 5.91 Å². The number of benzene rings is 1. The predicted molar refractivity (Wildman–Crippen MR) is 99.9 cm³/mol. The van der Waals surface area contributed by atoms with Crippen LogP contribution < -0.4 is 5.73 Å². The maximum atomic E-state index is 12.8. The highest BCUT2D eigenvalue weighted by molar-refractivity contribution is 7.99. The minimum Gasteiger partial charge on any atom is -0.333 e. The molecule has 5 nitrogen and oxygen atoms in total. The zero-order valence-corrected chi connectivity index (χ0v) is 15.6. The molecule has 1 saturated heterocycles. The third-order valence-corrected chi connectivity index (χ3v) is 5.77. The average molecular weight is 377 g/mol. The zero-order chi connectivity index (χ0) is 17.8. The van der Waals surface area contributed by atoms with Crippen molar-refractivity contribution in [1.29, 1.82) is 0 Å². The van der Waals surface area contributed by atoms with E-state index in [2.05, 4.69) is 10.2 Å². The van der Waals surface area contributed by atoms with Gasteiger partial charge in [-0.2, -0.15) is 0 Å². The summed E-state index contributed by atoms with van der Waals surface area (Å²) < 4.78 is 0. The maximum absolute atomic E-state index is 12.8. The number of nitrogens with zero attached hydrogens (tertiary/aromatic N) is 3. The molecule has 2 atom stereocenters. The molecule has 1 aromatic carbocycles. The molecule has 132 valence electrons. The first-order chi connectivity index (χ1) is 12.1. The fraction of sp³-hybridized carbons (Fsp3) is 0.389. The van der Waals surface area contributed by atoms with Crippen LogP contribution in [0.15, 0.2) is 46.3 Å². The number of amides is 1. The number of nitrogens with two attached hydrogens (primary N) is 1. The minimum absolute atomic E-state index is 0.0488. The van der Waals surface area contributed by atoms with E-state index in [0.717, 1.165) is 30.7 Å². The van der Waals surface area contributed by atoms with Crippen LogP contribution in [0.2, 0.25) is 5.02 Å². The molecule has 3 rings (SSSR count). The number of rotatable bonds is 4. The lowest BCUT2D eigenvalue weighted by molar-refractivity contribution is 0.0576. The first-order valence-corrected chi connectivity index (χ1v) is 9.58. The van der Waals surface area contributed by atoms with Crippen LogP contribution in [-0.4, -0.2) is 39.6 Å². The van der Waals surface area contributed by atoms with Crippen molar-refractivity contribution in [3.05, 3.63) is 47.1 Å². The molecule has 1 amide bonds. The van der Waals surface area contributed by atoms with Crippen LogP contribution in [0.1, 0.15) is 36.7 Å². The van der Waals surface area contributed by atoms with E-state index in [1.165, 1.54) is 11.8 Å². The van der Waals surface area contributed by atoms with Gasteiger partial charge < -0.3 is 10.6 Å². The molecule has 0 bridgehead atoms. The van der Waals surface area contributed by atoms with Gasteiger partial charge in [0, 0.05) is 23.5 Å². The smallest absolute Gasteiger partial charge is 0.274 e. The Morgan fingerprint density at radius 1 is 1.28 bits per heavy atom. The second-order valence-corrected chi connectivity index (χ2v) is 7.68. The van der Waals surface area contributed by atoms with Crippen molar-refractivity contribution in [2.75, 3.05) is 6.54 Å². The van der Waals surface area contributed by atoms with Gasteiger partial charge in [-0.05, 0) is 50.5 Å². The highest BCUT2D eigenvalue weighted by Gasteiger charge is 2.30. The number of carbonyl (C=O) groups is 1. The van der Waals surface area contributed by atoms with Crippen LogP contribution in [0.25, 0.3) is 0 Å². The normalized spacial score (nSPS) is 18.8. The molecule has 2 N–H and O–H groups in total. The van der Waals surface area contributed by atoms with E-state index < -0.39 is 0 Å². The van der Waals surface area contributed by atoms with Crippen LogP contribution in [0.5, 0.6) is 0 Å². The Bertz CT molecular complexity index is 738. The van der Waals surface area contributed by atoms with Gasteiger partial charge in [0.15, 0.2) is 5.69 Å². The minimum atomic E-state index is -0.0937. The molecule has 0 spiro atoms. The van der Waals surface area contributed by atoms with E-state index in [1.54, 1.807) is 12.1 Å². The molecule has 1 fully saturated rings. The van der Waals surface area contributed by atoms with Crippen LogP contribution in [-0.2, 0) is 0 Å². The highest BCUT2D eigenvalue weighted by Crippen LogP contribution is 2.31. The summed E-state index contributed by atoms with van der Waals surface area (Å²) in [6.45, 7) is 2.67. The topological polar surface area (TPSA) is 72.1 Å². The summed E-state index contributed by atoms with van der Waals surface area (Å²) in [5.74, 6) is -0.0937. The lowest BCUT2D eigenvalue weighted by atomic mass is 9.96. The monoisotopic (exact) mass is 376 g/mol. The first kappa shape index (κ1) is 18.2. The van der Waals surface area contributed by atoms with Gasteiger partial charge in [-0.25, -0.2) is 0 Å². The molecular weight excluding hydrogens is 356 g/mol. The number of piperidine rings is 1. The number of hydrogen-bond acceptors (Lipinski definition) is 5. The van der Waals surface area contributed by atoms with Crippen molar-refractivity contribution in [1.82, 2.24) is 15.1 Å². The van der Waals surface area contributed by atoms with Crippen molar-refractivity contribution in [3.63, 3.8) is 0 Å². The van der Waals surface area contributed by atoms with Crippen LogP contribution >= 0.6 is 23.4 Å². The van der Waals surface area contributed by atoms with E-state index in [1.807, 2.05) is 36.1 Å². The summed E-state index contributed by atoms with van der Waals surface area (Å²) in [5.41, 5.74) is 6.41. The third-order valence-electron chi connectivity index (χ3n) is 4.33. The number of aromatic nitrogens is 2. The van der Waals surface area contributed by atoms with Crippen LogP contribution in [0, 0.1) is 0 Å². The van der Waals surface area contributed by atoms with Gasteiger partial charge in [0.05, 0.1) is 5.02 Å². The molecule has 1 aromatic heterocycles. The molecule has 2 heterocycles. The lowest BCUT2D eigenvalue weighted by Crippen LogP contribution is -2.51. The second kappa shape index (κ2) is 8.17. The standard InChI is InChI=1S/C18H21ClN4OS/c1-12(20)15-7-4-5-11-23(15)18(24)14-9-10-17(22-21-14)25-16-8-3-2-6-13(16)19/h2-3,6,8-10,12,15H,4-5,7,11,20H2,1H3. The number of hydrogen-bond donors (Lipinski definition) is 1. The average Bonchev–Trinajstić information content (AvgIpc) is 2.63. The summed E-state index contributed by atoms with van der Waals surface area (Å²) in [6, 6.07) is 11.1. The molecule has 25 heavy (non-hydrogen) atoms. The Labute approximate surface area is 156 Å². The van der Waals surface area contributed by atoms with Crippen molar-refractivity contribution >= 4 is 29.3 Å². The van der Waals surface area contributed by atoms with E-state index in [0.29, 0.717) is 15.7 Å². The molecule has 2 aromatic rings. The predicted octanol–water partition coefficient (Wildman–Crippen LogP) is 3.62. The van der Waals surface area contributed by atoms with Crippen LogP contribution in [0.3, 0.4) is 0 Å². The summed E-state index contributed by atoms with van der Waals surface area (Å²) >= 11 is 7.59. The van der Waals surface area contributed by atoms with Crippen molar-refractivity contribution in [2.24, 2.45) is 5.73 Å². The number of likely N-dealkylation sites (tertiary alicyclic amines) is 1. The van der Waals surface area contributed by atoms with E-state index in [4.69, 9.17) is 17.3 Å².